The van der Waals surface area contributed by atoms with E-state index in [-0.39, 0.29) is 34.6 Å². The summed E-state index contributed by atoms with van der Waals surface area (Å²) in [5.74, 6) is -0.243. The fourth-order valence-corrected chi connectivity index (χ4v) is 3.61. The van der Waals surface area contributed by atoms with E-state index in [9.17, 15) is 19.7 Å². The predicted molar refractivity (Wildman–Crippen MR) is 94.7 cm³/mol. The number of aromatic nitrogens is 3. The summed E-state index contributed by atoms with van der Waals surface area (Å²) in [5.41, 5.74) is 0.326. The SMILES string of the molecule is Cc1ccc(C(=O)CSc2n[nH]c(=O)n2C[C@H]2CCCO2)cc1[N+](=O)[O-]. The first-order valence-corrected chi connectivity index (χ1v) is 9.12. The van der Waals surface area contributed by atoms with Crippen molar-refractivity contribution < 1.29 is 14.5 Å². The Balaban J connectivity index is 1.69. The number of H-pyrrole nitrogens is 1. The summed E-state index contributed by atoms with van der Waals surface area (Å²) in [6.07, 6.45) is 1.82. The molecule has 0 saturated carbocycles. The van der Waals surface area contributed by atoms with Gasteiger partial charge in [-0.15, -0.1) is 5.10 Å². The van der Waals surface area contributed by atoms with Crippen molar-refractivity contribution in [2.75, 3.05) is 12.4 Å². The Kier molecular flexibility index (Phi) is 5.52. The fourth-order valence-electron chi connectivity index (χ4n) is 2.76. The second kappa shape index (κ2) is 7.83. The number of rotatable bonds is 7. The molecule has 1 aromatic carbocycles. The van der Waals surface area contributed by atoms with E-state index in [1.807, 2.05) is 0 Å². The summed E-state index contributed by atoms with van der Waals surface area (Å²) < 4.78 is 7.00. The Morgan fingerprint density at radius 2 is 2.35 bits per heavy atom. The average Bonchev–Trinajstić information content (AvgIpc) is 3.24. The quantitative estimate of drug-likeness (QED) is 0.338. The van der Waals surface area contributed by atoms with E-state index in [0.717, 1.165) is 24.6 Å². The van der Waals surface area contributed by atoms with Gasteiger partial charge in [-0.3, -0.25) is 19.5 Å². The van der Waals surface area contributed by atoms with Crippen molar-refractivity contribution in [2.45, 2.75) is 37.6 Å². The van der Waals surface area contributed by atoms with Gasteiger partial charge in [0, 0.05) is 23.8 Å². The van der Waals surface area contributed by atoms with Crippen molar-refractivity contribution in [3.05, 3.63) is 49.9 Å². The zero-order valence-electron chi connectivity index (χ0n) is 14.1. The molecule has 26 heavy (non-hydrogen) atoms. The Bertz CT molecular complexity index is 885. The molecule has 0 spiro atoms. The van der Waals surface area contributed by atoms with Crippen molar-refractivity contribution >= 4 is 23.2 Å². The molecular weight excluding hydrogens is 360 g/mol. The second-order valence-corrected chi connectivity index (χ2v) is 6.97. The number of ketones is 1. The maximum absolute atomic E-state index is 12.4. The molecule has 2 aromatic rings. The van der Waals surface area contributed by atoms with Crippen LogP contribution in [0.25, 0.3) is 0 Å². The summed E-state index contributed by atoms with van der Waals surface area (Å²) in [6, 6.07) is 4.40. The molecule has 1 aliphatic heterocycles. The van der Waals surface area contributed by atoms with E-state index in [1.54, 1.807) is 19.1 Å². The fraction of sp³-hybridized carbons (Fsp3) is 0.438. The lowest BCUT2D eigenvalue weighted by atomic mass is 10.1. The van der Waals surface area contributed by atoms with Gasteiger partial charge in [0.25, 0.3) is 5.69 Å². The van der Waals surface area contributed by atoms with Crippen molar-refractivity contribution in [3.8, 4) is 0 Å². The van der Waals surface area contributed by atoms with Gasteiger partial charge >= 0.3 is 5.69 Å². The molecule has 2 heterocycles. The molecule has 0 unspecified atom stereocenters. The van der Waals surface area contributed by atoms with Gasteiger partial charge in [0.05, 0.1) is 23.3 Å². The van der Waals surface area contributed by atoms with Crippen LogP contribution in [-0.2, 0) is 11.3 Å². The first-order valence-electron chi connectivity index (χ1n) is 8.13. The Labute approximate surface area is 152 Å². The summed E-state index contributed by atoms with van der Waals surface area (Å²) in [6.45, 7) is 2.70. The van der Waals surface area contributed by atoms with Crippen molar-refractivity contribution in [2.24, 2.45) is 0 Å². The van der Waals surface area contributed by atoms with Crippen molar-refractivity contribution in [1.29, 1.82) is 0 Å². The van der Waals surface area contributed by atoms with Gasteiger partial charge < -0.3 is 4.74 Å². The number of hydrogen-bond donors (Lipinski definition) is 1. The minimum atomic E-state index is -0.508. The van der Waals surface area contributed by atoms with Crippen LogP contribution >= 0.6 is 11.8 Å². The van der Waals surface area contributed by atoms with Crippen LogP contribution in [0.3, 0.4) is 0 Å². The first kappa shape index (κ1) is 18.3. The van der Waals surface area contributed by atoms with Gasteiger partial charge in [0.2, 0.25) is 0 Å². The molecule has 0 aliphatic carbocycles. The maximum atomic E-state index is 12.4. The van der Waals surface area contributed by atoms with E-state index in [1.165, 1.54) is 10.6 Å². The second-order valence-electron chi connectivity index (χ2n) is 6.03. The molecule has 1 atom stereocenters. The normalized spacial score (nSPS) is 16.7. The molecular formula is C16H18N4O5S. The molecule has 1 N–H and O–H groups in total. The van der Waals surface area contributed by atoms with Crippen molar-refractivity contribution in [3.63, 3.8) is 0 Å². The number of nitro benzene ring substituents is 1. The van der Waals surface area contributed by atoms with Crippen molar-refractivity contribution in [1.82, 2.24) is 14.8 Å². The monoisotopic (exact) mass is 378 g/mol. The van der Waals surface area contributed by atoms with E-state index in [2.05, 4.69) is 10.2 Å². The maximum Gasteiger partial charge on any atom is 0.344 e. The predicted octanol–water partition coefficient (Wildman–Crippen LogP) is 1.94. The van der Waals surface area contributed by atoms with E-state index in [4.69, 9.17) is 4.74 Å². The minimum absolute atomic E-state index is 0.0238. The summed E-state index contributed by atoms with van der Waals surface area (Å²) in [5, 5.41) is 17.8. The Hall–Kier alpha value is -2.46. The molecule has 1 saturated heterocycles. The third kappa shape index (κ3) is 4.02. The largest absolute Gasteiger partial charge is 0.376 e. The van der Waals surface area contributed by atoms with Crippen LogP contribution in [0.2, 0.25) is 0 Å². The number of Topliss-reactive ketones (excluding diaryl/α,β-unsaturated/α-hetero) is 1. The number of nitrogens with one attached hydrogen (secondary N) is 1. The Morgan fingerprint density at radius 1 is 1.54 bits per heavy atom. The highest BCUT2D eigenvalue weighted by atomic mass is 32.2. The molecule has 1 aromatic heterocycles. The minimum Gasteiger partial charge on any atom is -0.376 e. The number of aryl methyl sites for hydroxylation is 1. The van der Waals surface area contributed by atoms with E-state index in [0.29, 0.717) is 23.9 Å². The summed E-state index contributed by atoms with van der Waals surface area (Å²) >= 11 is 1.12. The number of nitrogens with zero attached hydrogens (tertiary/aromatic N) is 3. The highest BCUT2D eigenvalue weighted by Gasteiger charge is 2.21. The van der Waals surface area contributed by atoms with Gasteiger partial charge in [0.15, 0.2) is 10.9 Å². The van der Waals surface area contributed by atoms with Gasteiger partial charge in [-0.1, -0.05) is 23.9 Å². The third-order valence-electron chi connectivity index (χ3n) is 4.19. The lowest BCUT2D eigenvalue weighted by Crippen LogP contribution is -2.25. The Morgan fingerprint density at radius 3 is 3.04 bits per heavy atom. The van der Waals surface area contributed by atoms with Gasteiger partial charge in [-0.2, -0.15) is 0 Å². The zero-order chi connectivity index (χ0) is 18.7. The number of carbonyl (C=O) groups excluding carboxylic acids is 1. The summed E-state index contributed by atoms with van der Waals surface area (Å²) in [4.78, 5) is 34.8. The third-order valence-corrected chi connectivity index (χ3v) is 5.17. The van der Waals surface area contributed by atoms with E-state index < -0.39 is 4.92 Å². The molecule has 0 bridgehead atoms. The van der Waals surface area contributed by atoms with Crippen LogP contribution in [0.1, 0.15) is 28.8 Å². The number of carbonyl (C=O) groups is 1. The molecule has 138 valence electrons. The number of aromatic amines is 1. The molecule has 9 nitrogen and oxygen atoms in total. The standard InChI is InChI=1S/C16H18N4O5S/c1-10-4-5-11(7-13(10)20(23)24)14(21)9-26-16-18-17-15(22)19(16)8-12-3-2-6-25-12/h4-5,7,12H,2-3,6,8-9H2,1H3,(H,17,22)/t12-/m1/s1. The zero-order valence-corrected chi connectivity index (χ0v) is 15.0. The molecule has 1 fully saturated rings. The molecule has 1 aliphatic rings. The molecule has 0 radical (unpaired) electrons. The lowest BCUT2D eigenvalue weighted by molar-refractivity contribution is -0.385. The van der Waals surface area contributed by atoms with Crippen LogP contribution < -0.4 is 5.69 Å². The average molecular weight is 378 g/mol. The lowest BCUT2D eigenvalue weighted by Gasteiger charge is -2.10. The molecule has 3 rings (SSSR count). The van der Waals surface area contributed by atoms with Crippen LogP contribution in [0.5, 0.6) is 0 Å². The highest BCUT2D eigenvalue weighted by molar-refractivity contribution is 7.99. The molecule has 0 amide bonds. The van der Waals surface area contributed by atoms with E-state index >= 15 is 0 Å². The van der Waals surface area contributed by atoms with Gasteiger partial charge in [0.1, 0.15) is 0 Å². The smallest absolute Gasteiger partial charge is 0.344 e. The number of ether oxygens (including phenoxy) is 1. The van der Waals surface area contributed by atoms with Gasteiger partial charge in [-0.25, -0.2) is 9.89 Å². The van der Waals surface area contributed by atoms with Crippen LogP contribution in [-0.4, -0.2) is 43.9 Å². The number of benzene rings is 1. The molecule has 10 heteroatoms. The van der Waals surface area contributed by atoms with Crippen LogP contribution in [0.15, 0.2) is 28.2 Å². The number of thioether (sulfide) groups is 1. The summed E-state index contributed by atoms with van der Waals surface area (Å²) in [7, 11) is 0. The van der Waals surface area contributed by atoms with Crippen LogP contribution in [0.4, 0.5) is 5.69 Å². The number of hydrogen-bond acceptors (Lipinski definition) is 7. The topological polar surface area (TPSA) is 120 Å². The number of nitro groups is 1. The first-order chi connectivity index (χ1) is 12.5. The van der Waals surface area contributed by atoms with Gasteiger partial charge in [-0.05, 0) is 19.8 Å². The van der Waals surface area contributed by atoms with Crippen LogP contribution in [0, 0.1) is 17.0 Å². The highest BCUT2D eigenvalue weighted by Crippen LogP contribution is 2.22.